The van der Waals surface area contributed by atoms with Crippen LogP contribution >= 0.6 is 11.3 Å². The molecule has 4 rings (SSSR count). The van der Waals surface area contributed by atoms with Crippen LogP contribution in [0.25, 0.3) is 0 Å². The van der Waals surface area contributed by atoms with Crippen LogP contribution in [0.2, 0.25) is 0 Å². The molecule has 1 saturated carbocycles. The number of amides is 1. The summed E-state index contributed by atoms with van der Waals surface area (Å²) in [5, 5.41) is 12.7. The topological polar surface area (TPSA) is 73.9 Å². The Hall–Kier alpha value is -1.73. The summed E-state index contributed by atoms with van der Waals surface area (Å²) in [7, 11) is 0. The molecule has 2 N–H and O–H groups in total. The molecule has 1 aliphatic heterocycles. The van der Waals surface area contributed by atoms with Crippen molar-refractivity contribution in [2.45, 2.75) is 44.7 Å². The van der Waals surface area contributed by atoms with Gasteiger partial charge in [0.05, 0.1) is 6.04 Å². The zero-order valence-electron chi connectivity index (χ0n) is 13.9. The Morgan fingerprint density at radius 3 is 3.00 bits per heavy atom. The minimum atomic E-state index is 0.0852. The fourth-order valence-corrected chi connectivity index (χ4v) is 4.16. The van der Waals surface area contributed by atoms with Crippen LogP contribution in [0.5, 0.6) is 0 Å². The van der Waals surface area contributed by atoms with Gasteiger partial charge in [-0.05, 0) is 44.2 Å². The molecule has 2 fully saturated rings. The Bertz CT molecular complexity index is 694. The van der Waals surface area contributed by atoms with Gasteiger partial charge in [0.15, 0.2) is 5.82 Å². The SMILES string of the molecule is Cc1nc([C@H]2CCN(Cc3cccs3)C[C@H]2NC(=O)C2CC2)n[nH]1. The maximum atomic E-state index is 12.3. The quantitative estimate of drug-likeness (QED) is 0.870. The number of aryl methyl sites for hydroxylation is 1. The third-order valence-electron chi connectivity index (χ3n) is 4.88. The van der Waals surface area contributed by atoms with Gasteiger partial charge in [-0.15, -0.1) is 11.3 Å². The monoisotopic (exact) mass is 345 g/mol. The highest BCUT2D eigenvalue weighted by Gasteiger charge is 2.37. The Morgan fingerprint density at radius 2 is 2.33 bits per heavy atom. The van der Waals surface area contributed by atoms with Crippen LogP contribution in [0, 0.1) is 12.8 Å². The third-order valence-corrected chi connectivity index (χ3v) is 5.74. The summed E-state index contributed by atoms with van der Waals surface area (Å²) in [4.78, 5) is 20.6. The maximum absolute atomic E-state index is 12.3. The van der Waals surface area contributed by atoms with Crippen LogP contribution in [0.15, 0.2) is 17.5 Å². The average molecular weight is 345 g/mol. The molecule has 0 aromatic carbocycles. The van der Waals surface area contributed by atoms with Gasteiger partial charge in [-0.2, -0.15) is 5.10 Å². The van der Waals surface area contributed by atoms with Gasteiger partial charge in [-0.3, -0.25) is 14.8 Å². The summed E-state index contributed by atoms with van der Waals surface area (Å²) in [6.45, 7) is 4.73. The first-order valence-electron chi connectivity index (χ1n) is 8.63. The molecule has 6 nitrogen and oxygen atoms in total. The van der Waals surface area contributed by atoms with Crippen LogP contribution in [0.4, 0.5) is 0 Å². The fraction of sp³-hybridized carbons (Fsp3) is 0.588. The molecule has 128 valence electrons. The summed E-state index contributed by atoms with van der Waals surface area (Å²) in [5.74, 6) is 2.29. The molecule has 0 spiro atoms. The molecule has 0 unspecified atom stereocenters. The smallest absolute Gasteiger partial charge is 0.223 e. The van der Waals surface area contributed by atoms with Crippen molar-refractivity contribution in [3.63, 3.8) is 0 Å². The number of likely N-dealkylation sites (tertiary alicyclic amines) is 1. The predicted octanol–water partition coefficient (Wildman–Crippen LogP) is 2.06. The first-order valence-corrected chi connectivity index (χ1v) is 9.51. The molecule has 3 heterocycles. The minimum absolute atomic E-state index is 0.0852. The van der Waals surface area contributed by atoms with Crippen LogP contribution in [-0.2, 0) is 11.3 Å². The van der Waals surface area contributed by atoms with Crippen molar-refractivity contribution in [2.75, 3.05) is 13.1 Å². The number of piperidine rings is 1. The van der Waals surface area contributed by atoms with E-state index in [4.69, 9.17) is 0 Å². The number of rotatable bonds is 5. The molecule has 24 heavy (non-hydrogen) atoms. The molecular weight excluding hydrogens is 322 g/mol. The molecule has 7 heteroatoms. The van der Waals surface area contributed by atoms with Gasteiger partial charge in [0.2, 0.25) is 5.91 Å². The van der Waals surface area contributed by atoms with E-state index >= 15 is 0 Å². The lowest BCUT2D eigenvalue weighted by atomic mass is 9.90. The number of aromatic nitrogens is 3. The lowest BCUT2D eigenvalue weighted by Gasteiger charge is -2.37. The van der Waals surface area contributed by atoms with Crippen LogP contribution in [0.1, 0.15) is 41.7 Å². The van der Waals surface area contributed by atoms with Gasteiger partial charge < -0.3 is 5.32 Å². The van der Waals surface area contributed by atoms with E-state index in [1.165, 1.54) is 4.88 Å². The highest BCUT2D eigenvalue weighted by atomic mass is 32.1. The minimum Gasteiger partial charge on any atom is -0.351 e. The number of carbonyl (C=O) groups excluding carboxylic acids is 1. The van der Waals surface area contributed by atoms with Crippen molar-refractivity contribution in [3.05, 3.63) is 34.0 Å². The molecule has 0 radical (unpaired) electrons. The number of carbonyl (C=O) groups is 1. The zero-order valence-corrected chi connectivity index (χ0v) is 14.7. The lowest BCUT2D eigenvalue weighted by Crippen LogP contribution is -2.51. The normalized spacial score (nSPS) is 24.9. The van der Waals surface area contributed by atoms with E-state index in [2.05, 4.69) is 42.9 Å². The first kappa shape index (κ1) is 15.8. The number of hydrogen-bond donors (Lipinski definition) is 2. The highest BCUT2D eigenvalue weighted by molar-refractivity contribution is 7.09. The molecule has 1 amide bonds. The van der Waals surface area contributed by atoms with E-state index in [0.29, 0.717) is 0 Å². The molecule has 2 atom stereocenters. The molecular formula is C17H23N5OS. The van der Waals surface area contributed by atoms with Gasteiger partial charge in [0.1, 0.15) is 5.82 Å². The number of H-pyrrole nitrogens is 1. The summed E-state index contributed by atoms with van der Waals surface area (Å²) in [6.07, 6.45) is 3.03. The van der Waals surface area contributed by atoms with Crippen LogP contribution in [-0.4, -0.2) is 45.1 Å². The fourth-order valence-electron chi connectivity index (χ4n) is 3.41. The van der Waals surface area contributed by atoms with Gasteiger partial charge in [0, 0.05) is 29.8 Å². The Morgan fingerprint density at radius 1 is 1.46 bits per heavy atom. The largest absolute Gasteiger partial charge is 0.351 e. The van der Waals surface area contributed by atoms with Crippen molar-refractivity contribution in [1.29, 1.82) is 0 Å². The number of aromatic amines is 1. The van der Waals surface area contributed by atoms with Gasteiger partial charge in [-0.1, -0.05) is 6.07 Å². The second-order valence-electron chi connectivity index (χ2n) is 6.88. The number of nitrogens with zero attached hydrogens (tertiary/aromatic N) is 3. The predicted molar refractivity (Wildman–Crippen MR) is 92.7 cm³/mol. The third kappa shape index (κ3) is 3.52. The van der Waals surface area contributed by atoms with Crippen molar-refractivity contribution in [1.82, 2.24) is 25.4 Å². The molecule has 1 saturated heterocycles. The van der Waals surface area contributed by atoms with E-state index in [1.54, 1.807) is 11.3 Å². The summed E-state index contributed by atoms with van der Waals surface area (Å²) in [6, 6.07) is 4.35. The summed E-state index contributed by atoms with van der Waals surface area (Å²) < 4.78 is 0. The molecule has 2 aliphatic rings. The van der Waals surface area contributed by atoms with Crippen LogP contribution < -0.4 is 5.32 Å². The van der Waals surface area contributed by atoms with Crippen molar-refractivity contribution < 1.29 is 4.79 Å². The van der Waals surface area contributed by atoms with Crippen molar-refractivity contribution in [3.8, 4) is 0 Å². The first-order chi connectivity index (χ1) is 11.7. The van der Waals surface area contributed by atoms with Crippen molar-refractivity contribution >= 4 is 17.2 Å². The van der Waals surface area contributed by atoms with E-state index in [9.17, 15) is 4.79 Å². The number of hydrogen-bond acceptors (Lipinski definition) is 5. The van der Waals surface area contributed by atoms with E-state index in [1.807, 2.05) is 6.92 Å². The van der Waals surface area contributed by atoms with Crippen LogP contribution in [0.3, 0.4) is 0 Å². The molecule has 2 aromatic heterocycles. The summed E-state index contributed by atoms with van der Waals surface area (Å²) in [5.41, 5.74) is 0. The second-order valence-corrected chi connectivity index (χ2v) is 7.91. The molecule has 2 aromatic rings. The van der Waals surface area contributed by atoms with E-state index in [0.717, 1.165) is 50.5 Å². The maximum Gasteiger partial charge on any atom is 0.223 e. The second kappa shape index (κ2) is 6.64. The number of nitrogens with one attached hydrogen (secondary N) is 2. The average Bonchev–Trinajstić information content (AvgIpc) is 3.15. The Balaban J connectivity index is 1.48. The number of thiophene rings is 1. The van der Waals surface area contributed by atoms with Gasteiger partial charge in [-0.25, -0.2) is 4.98 Å². The molecule has 0 bridgehead atoms. The molecule has 1 aliphatic carbocycles. The lowest BCUT2D eigenvalue weighted by molar-refractivity contribution is -0.123. The Labute approximate surface area is 145 Å². The zero-order chi connectivity index (χ0) is 16.5. The van der Waals surface area contributed by atoms with E-state index in [-0.39, 0.29) is 23.8 Å². The van der Waals surface area contributed by atoms with Crippen molar-refractivity contribution in [2.24, 2.45) is 5.92 Å². The van der Waals surface area contributed by atoms with E-state index < -0.39 is 0 Å². The Kier molecular flexibility index (Phi) is 4.37. The van der Waals surface area contributed by atoms with Gasteiger partial charge >= 0.3 is 0 Å². The standard InChI is InChI=1S/C17H23N5OS/c1-11-18-16(21-20-11)14-6-7-22(9-13-3-2-8-24-13)10-15(14)19-17(23)12-4-5-12/h2-3,8,12,14-15H,4-7,9-10H2,1H3,(H,19,23)(H,18,20,21)/t14-,15+/m0/s1. The van der Waals surface area contributed by atoms with Gasteiger partial charge in [0.25, 0.3) is 0 Å². The highest BCUT2D eigenvalue weighted by Crippen LogP contribution is 2.32. The summed E-state index contributed by atoms with van der Waals surface area (Å²) >= 11 is 1.79.